The lowest BCUT2D eigenvalue weighted by Gasteiger charge is -2.09. The first-order valence-corrected chi connectivity index (χ1v) is 7.61. The van der Waals surface area contributed by atoms with E-state index in [9.17, 15) is 10.2 Å². The van der Waals surface area contributed by atoms with Gasteiger partial charge >= 0.3 is 0 Å². The minimum absolute atomic E-state index is 0.0181. The lowest BCUT2D eigenvalue weighted by molar-refractivity contribution is 0.473. The van der Waals surface area contributed by atoms with E-state index in [2.05, 4.69) is 9.98 Å². The quantitative estimate of drug-likeness (QED) is 0.825. The van der Waals surface area contributed by atoms with Gasteiger partial charge in [-0.05, 0) is 45.0 Å². The van der Waals surface area contributed by atoms with E-state index in [1.54, 1.807) is 24.3 Å². The first-order valence-electron chi connectivity index (χ1n) is 7.61. The summed E-state index contributed by atoms with van der Waals surface area (Å²) < 4.78 is 0. The Morgan fingerprint density at radius 1 is 0.870 bits per heavy atom. The SMILES string of the molecule is CC(=NC[C@@H](C)N=C(C)c1ccccc1O)c1ccccc1O. The molecule has 0 aliphatic heterocycles. The predicted molar refractivity (Wildman–Crippen MR) is 95.0 cm³/mol. The summed E-state index contributed by atoms with van der Waals surface area (Å²) in [5.41, 5.74) is 3.04. The first kappa shape index (κ1) is 16.7. The van der Waals surface area contributed by atoms with E-state index in [0.717, 1.165) is 22.6 Å². The van der Waals surface area contributed by atoms with Gasteiger partial charge in [-0.25, -0.2) is 0 Å². The Kier molecular flexibility index (Phi) is 5.52. The normalized spacial score (nSPS) is 13.9. The van der Waals surface area contributed by atoms with Crippen molar-refractivity contribution < 1.29 is 10.2 Å². The van der Waals surface area contributed by atoms with Gasteiger partial charge in [0, 0.05) is 22.6 Å². The van der Waals surface area contributed by atoms with Crippen molar-refractivity contribution in [2.24, 2.45) is 9.98 Å². The largest absolute Gasteiger partial charge is 0.507 e. The number of nitrogens with zero attached hydrogens (tertiary/aromatic N) is 2. The average Bonchev–Trinajstić information content (AvgIpc) is 2.53. The zero-order chi connectivity index (χ0) is 16.8. The van der Waals surface area contributed by atoms with Crippen LogP contribution >= 0.6 is 0 Å². The summed E-state index contributed by atoms with van der Waals surface area (Å²) in [4.78, 5) is 9.09. The molecule has 4 nitrogen and oxygen atoms in total. The summed E-state index contributed by atoms with van der Waals surface area (Å²) in [6.45, 7) is 6.25. The van der Waals surface area contributed by atoms with Crippen LogP contribution in [0.4, 0.5) is 0 Å². The summed E-state index contributed by atoms with van der Waals surface area (Å²) >= 11 is 0. The number of para-hydroxylation sites is 2. The molecule has 0 aliphatic carbocycles. The third-order valence-corrected chi connectivity index (χ3v) is 3.59. The highest BCUT2D eigenvalue weighted by Gasteiger charge is 2.07. The Morgan fingerprint density at radius 2 is 1.35 bits per heavy atom. The second-order valence-electron chi connectivity index (χ2n) is 5.52. The molecule has 0 fully saturated rings. The van der Waals surface area contributed by atoms with Gasteiger partial charge in [0.15, 0.2) is 0 Å². The van der Waals surface area contributed by atoms with E-state index in [4.69, 9.17) is 0 Å². The van der Waals surface area contributed by atoms with Gasteiger partial charge in [-0.15, -0.1) is 0 Å². The van der Waals surface area contributed by atoms with Crippen molar-refractivity contribution in [1.82, 2.24) is 0 Å². The maximum atomic E-state index is 9.85. The van der Waals surface area contributed by atoms with E-state index in [-0.39, 0.29) is 17.5 Å². The fraction of sp³-hybridized carbons (Fsp3) is 0.263. The molecule has 2 N–H and O–H groups in total. The molecule has 0 amide bonds. The van der Waals surface area contributed by atoms with Gasteiger partial charge in [0.25, 0.3) is 0 Å². The number of hydrogen-bond donors (Lipinski definition) is 2. The van der Waals surface area contributed by atoms with Crippen molar-refractivity contribution in [3.8, 4) is 11.5 Å². The minimum Gasteiger partial charge on any atom is -0.507 e. The predicted octanol–water partition coefficient (Wildman–Crippen LogP) is 3.80. The monoisotopic (exact) mass is 310 g/mol. The van der Waals surface area contributed by atoms with Crippen LogP contribution in [0.3, 0.4) is 0 Å². The fourth-order valence-electron chi connectivity index (χ4n) is 2.35. The van der Waals surface area contributed by atoms with Crippen molar-refractivity contribution >= 4 is 11.4 Å². The lowest BCUT2D eigenvalue weighted by atomic mass is 10.1. The maximum Gasteiger partial charge on any atom is 0.124 e. The molecule has 0 spiro atoms. The van der Waals surface area contributed by atoms with Crippen LogP contribution in [0, 0.1) is 0 Å². The Balaban J connectivity index is 2.09. The fourth-order valence-corrected chi connectivity index (χ4v) is 2.35. The van der Waals surface area contributed by atoms with Crippen LogP contribution in [0.2, 0.25) is 0 Å². The van der Waals surface area contributed by atoms with Crippen LogP contribution in [0.1, 0.15) is 31.9 Å². The van der Waals surface area contributed by atoms with Crippen LogP contribution in [-0.2, 0) is 0 Å². The molecule has 0 saturated carbocycles. The first-order chi connectivity index (χ1) is 11.0. The number of hydrogen-bond acceptors (Lipinski definition) is 4. The third-order valence-electron chi connectivity index (χ3n) is 3.59. The van der Waals surface area contributed by atoms with Crippen molar-refractivity contribution in [3.63, 3.8) is 0 Å². The molecule has 2 rings (SSSR count). The Labute approximate surface area is 136 Å². The topological polar surface area (TPSA) is 65.2 Å². The van der Waals surface area contributed by atoms with E-state index in [1.807, 2.05) is 45.0 Å². The van der Waals surface area contributed by atoms with E-state index in [0.29, 0.717) is 6.54 Å². The van der Waals surface area contributed by atoms with Crippen LogP contribution in [0.15, 0.2) is 58.5 Å². The Bertz CT molecular complexity index is 736. The zero-order valence-electron chi connectivity index (χ0n) is 13.7. The molecular weight excluding hydrogens is 288 g/mol. The molecule has 1 atom stereocenters. The Morgan fingerprint density at radius 3 is 1.87 bits per heavy atom. The lowest BCUT2D eigenvalue weighted by Crippen LogP contribution is -2.09. The average molecular weight is 310 g/mol. The van der Waals surface area contributed by atoms with Gasteiger partial charge in [0.05, 0.1) is 12.6 Å². The van der Waals surface area contributed by atoms with Crippen molar-refractivity contribution in [3.05, 3.63) is 59.7 Å². The smallest absolute Gasteiger partial charge is 0.124 e. The van der Waals surface area contributed by atoms with Gasteiger partial charge in [0.1, 0.15) is 11.5 Å². The van der Waals surface area contributed by atoms with Gasteiger partial charge in [-0.3, -0.25) is 9.98 Å². The standard InChI is InChI=1S/C19H22N2O2/c1-13(21-15(3)17-9-5-7-11-19(17)23)12-20-14(2)16-8-4-6-10-18(16)22/h4-11,13,22-23H,12H2,1-3H3/t13-/m1/s1. The number of phenolic OH excluding ortho intramolecular Hbond substituents is 2. The summed E-state index contributed by atoms with van der Waals surface area (Å²) in [6.07, 6.45) is 0. The van der Waals surface area contributed by atoms with Gasteiger partial charge < -0.3 is 10.2 Å². The molecule has 2 aromatic carbocycles. The van der Waals surface area contributed by atoms with Crippen molar-refractivity contribution in [1.29, 1.82) is 0 Å². The molecule has 2 aromatic rings. The molecule has 0 heterocycles. The number of benzene rings is 2. The van der Waals surface area contributed by atoms with E-state index < -0.39 is 0 Å². The summed E-state index contributed by atoms with van der Waals surface area (Å²) in [5.74, 6) is 0.463. The van der Waals surface area contributed by atoms with Crippen molar-refractivity contribution in [2.45, 2.75) is 26.8 Å². The van der Waals surface area contributed by atoms with Gasteiger partial charge in [-0.1, -0.05) is 24.3 Å². The summed E-state index contributed by atoms with van der Waals surface area (Å²) in [6, 6.07) is 14.3. The number of phenols is 2. The summed E-state index contributed by atoms with van der Waals surface area (Å²) in [5, 5.41) is 19.7. The van der Waals surface area contributed by atoms with Gasteiger partial charge in [-0.2, -0.15) is 0 Å². The molecule has 0 saturated heterocycles. The van der Waals surface area contributed by atoms with Gasteiger partial charge in [0.2, 0.25) is 0 Å². The number of aliphatic imine (C=N–C) groups is 2. The number of aromatic hydroxyl groups is 2. The van der Waals surface area contributed by atoms with E-state index >= 15 is 0 Å². The van der Waals surface area contributed by atoms with Crippen LogP contribution in [0.25, 0.3) is 0 Å². The molecule has 0 bridgehead atoms. The minimum atomic E-state index is -0.0181. The van der Waals surface area contributed by atoms with E-state index in [1.165, 1.54) is 0 Å². The van der Waals surface area contributed by atoms with Crippen LogP contribution in [0.5, 0.6) is 11.5 Å². The Hall–Kier alpha value is -2.62. The molecule has 0 radical (unpaired) electrons. The highest BCUT2D eigenvalue weighted by atomic mass is 16.3. The number of rotatable bonds is 5. The third kappa shape index (κ3) is 4.42. The highest BCUT2D eigenvalue weighted by Crippen LogP contribution is 2.18. The molecular formula is C19H22N2O2. The zero-order valence-corrected chi connectivity index (χ0v) is 13.7. The molecule has 0 unspecified atom stereocenters. The van der Waals surface area contributed by atoms with Crippen LogP contribution in [-0.4, -0.2) is 34.2 Å². The maximum absolute atomic E-state index is 9.85. The second-order valence-corrected chi connectivity index (χ2v) is 5.52. The molecule has 120 valence electrons. The molecule has 23 heavy (non-hydrogen) atoms. The second kappa shape index (κ2) is 7.58. The molecule has 0 aliphatic rings. The molecule has 0 aromatic heterocycles. The summed E-state index contributed by atoms with van der Waals surface area (Å²) in [7, 11) is 0. The molecule has 4 heteroatoms. The van der Waals surface area contributed by atoms with Crippen LogP contribution < -0.4 is 0 Å². The highest BCUT2D eigenvalue weighted by molar-refractivity contribution is 6.01. The van der Waals surface area contributed by atoms with Crippen molar-refractivity contribution in [2.75, 3.05) is 6.54 Å².